The number of amides is 2. The largest absolute Gasteiger partial charge is 0.366 e. The van der Waals surface area contributed by atoms with Gasteiger partial charge >= 0.3 is 0 Å². The number of rotatable bonds is 5. The molecule has 5 rings (SSSR count). The molecule has 3 N–H and O–H groups in total. The molecule has 2 amide bonds. The molecule has 5 nitrogen and oxygen atoms in total. The molecule has 0 saturated carbocycles. The Morgan fingerprint density at radius 1 is 0.971 bits per heavy atom. The van der Waals surface area contributed by atoms with Gasteiger partial charge in [-0.3, -0.25) is 9.59 Å². The third-order valence-corrected chi connectivity index (χ3v) is 6.10. The summed E-state index contributed by atoms with van der Waals surface area (Å²) in [6.45, 7) is 2.05. The van der Waals surface area contributed by atoms with Gasteiger partial charge in [-0.05, 0) is 71.3 Å². The summed E-state index contributed by atoms with van der Waals surface area (Å²) in [7, 11) is 0. The molecule has 1 heterocycles. The second kappa shape index (κ2) is 8.69. The highest BCUT2D eigenvalue weighted by Gasteiger charge is 2.17. The van der Waals surface area contributed by atoms with Crippen LogP contribution in [0.5, 0.6) is 0 Å². The van der Waals surface area contributed by atoms with Gasteiger partial charge in [0.15, 0.2) is 0 Å². The second-order valence-corrected chi connectivity index (χ2v) is 8.62. The van der Waals surface area contributed by atoms with Crippen molar-refractivity contribution in [3.05, 3.63) is 101 Å². The average molecular weight is 467 g/mol. The lowest BCUT2D eigenvalue weighted by molar-refractivity contribution is -0.114. The van der Waals surface area contributed by atoms with Gasteiger partial charge in [-0.25, -0.2) is 0 Å². The maximum absolute atomic E-state index is 12.2. The number of carbonyl (C=O) groups excluding carboxylic acids is 2. The molecule has 0 aliphatic heterocycles. The molecule has 1 aromatic heterocycles. The summed E-state index contributed by atoms with van der Waals surface area (Å²) in [5.41, 5.74) is 11.8. The normalized spacial score (nSPS) is 11.1. The molecular formula is C28H21ClN3O2. The van der Waals surface area contributed by atoms with Gasteiger partial charge in [0.25, 0.3) is 0 Å². The molecule has 0 spiro atoms. The zero-order valence-corrected chi connectivity index (χ0v) is 19.2. The summed E-state index contributed by atoms with van der Waals surface area (Å²) in [5, 5.41) is 5.10. The molecule has 0 bridgehead atoms. The molecule has 0 aliphatic rings. The molecule has 0 unspecified atom stereocenters. The number of aromatic nitrogens is 1. The number of nitrogens with two attached hydrogens (primary N) is 1. The van der Waals surface area contributed by atoms with Crippen LogP contribution in [0.1, 0.15) is 22.8 Å². The van der Waals surface area contributed by atoms with Crippen LogP contribution in [0.2, 0.25) is 5.02 Å². The van der Waals surface area contributed by atoms with E-state index in [0.29, 0.717) is 17.1 Å². The van der Waals surface area contributed by atoms with Crippen LogP contribution in [0.15, 0.2) is 78.9 Å². The van der Waals surface area contributed by atoms with Crippen molar-refractivity contribution in [1.29, 1.82) is 0 Å². The van der Waals surface area contributed by atoms with Crippen molar-refractivity contribution >= 4 is 50.9 Å². The number of hydrogen-bond donors (Lipinski definition) is 2. The number of anilines is 1. The minimum Gasteiger partial charge on any atom is -0.366 e. The molecule has 167 valence electrons. The number of benzene rings is 4. The Bertz CT molecular complexity index is 1550. The van der Waals surface area contributed by atoms with Crippen LogP contribution < -0.4 is 11.1 Å². The molecule has 5 aromatic rings. The lowest BCUT2D eigenvalue weighted by Gasteiger charge is -2.10. The number of carbonyl (C=O) groups is 2. The van der Waals surface area contributed by atoms with E-state index in [1.54, 1.807) is 6.07 Å². The highest BCUT2D eigenvalue weighted by Crippen LogP contribution is 2.35. The number of hydrogen-bond acceptors (Lipinski definition) is 2. The standard InChI is InChI=1S/C28H21ClN3O2/c1-17(33)31-22-12-5-18(6-13-22)16-32-25-4-2-3-24(28(30)34)27(25)23-14-9-20(15-26(23)32)19-7-10-21(29)11-8-19/h2-13,15H,16H2,1H3,(H2,30,34)(H,31,33). The van der Waals surface area contributed by atoms with E-state index in [-0.39, 0.29) is 5.91 Å². The summed E-state index contributed by atoms with van der Waals surface area (Å²) in [6, 6.07) is 28.4. The van der Waals surface area contributed by atoms with E-state index in [2.05, 4.69) is 22.0 Å². The average Bonchev–Trinajstić information content (AvgIpc) is 3.13. The van der Waals surface area contributed by atoms with E-state index in [0.717, 1.165) is 44.2 Å². The Labute approximate surface area is 201 Å². The van der Waals surface area contributed by atoms with Crippen molar-refractivity contribution < 1.29 is 9.59 Å². The Morgan fingerprint density at radius 3 is 2.38 bits per heavy atom. The highest BCUT2D eigenvalue weighted by atomic mass is 35.5. The molecule has 0 aliphatic carbocycles. The molecular weight excluding hydrogens is 446 g/mol. The van der Waals surface area contributed by atoms with Gasteiger partial charge in [0.1, 0.15) is 0 Å². The van der Waals surface area contributed by atoms with Crippen molar-refractivity contribution in [2.75, 3.05) is 5.32 Å². The summed E-state index contributed by atoms with van der Waals surface area (Å²) < 4.78 is 2.17. The highest BCUT2D eigenvalue weighted by molar-refractivity contribution is 6.30. The van der Waals surface area contributed by atoms with Crippen LogP contribution in [0.4, 0.5) is 5.69 Å². The third-order valence-electron chi connectivity index (χ3n) is 5.85. The van der Waals surface area contributed by atoms with Gasteiger partial charge in [-0.2, -0.15) is 0 Å². The number of nitrogens with zero attached hydrogens (tertiary/aromatic N) is 1. The molecule has 1 radical (unpaired) electrons. The molecule has 6 heteroatoms. The summed E-state index contributed by atoms with van der Waals surface area (Å²) in [4.78, 5) is 23.6. The first kappa shape index (κ1) is 21.7. The van der Waals surface area contributed by atoms with Crippen LogP contribution in [-0.4, -0.2) is 16.4 Å². The second-order valence-electron chi connectivity index (χ2n) is 8.18. The van der Waals surface area contributed by atoms with Crippen molar-refractivity contribution in [1.82, 2.24) is 4.57 Å². The molecule has 0 fully saturated rings. The summed E-state index contributed by atoms with van der Waals surface area (Å²) in [5.74, 6) is -0.584. The van der Waals surface area contributed by atoms with Crippen LogP contribution in [0.25, 0.3) is 32.9 Å². The number of primary amides is 1. The predicted octanol–water partition coefficient (Wildman–Crippen LogP) is 6.02. The maximum Gasteiger partial charge on any atom is 0.249 e. The lowest BCUT2D eigenvalue weighted by Crippen LogP contribution is -2.11. The van der Waals surface area contributed by atoms with Gasteiger partial charge in [-0.1, -0.05) is 41.9 Å². The Hall–Kier alpha value is -4.09. The van der Waals surface area contributed by atoms with E-state index >= 15 is 0 Å². The van der Waals surface area contributed by atoms with Crippen LogP contribution in [0, 0.1) is 6.07 Å². The van der Waals surface area contributed by atoms with Crippen LogP contribution in [-0.2, 0) is 11.3 Å². The Morgan fingerprint density at radius 2 is 1.71 bits per heavy atom. The zero-order valence-electron chi connectivity index (χ0n) is 18.4. The van der Waals surface area contributed by atoms with Gasteiger partial charge in [-0.15, -0.1) is 0 Å². The molecule has 4 aromatic carbocycles. The molecule has 34 heavy (non-hydrogen) atoms. The fourth-order valence-electron chi connectivity index (χ4n) is 4.32. The fourth-order valence-corrected chi connectivity index (χ4v) is 4.45. The van der Waals surface area contributed by atoms with Gasteiger partial charge in [0.2, 0.25) is 11.8 Å². The lowest BCUT2D eigenvalue weighted by atomic mass is 10.0. The van der Waals surface area contributed by atoms with Crippen molar-refractivity contribution in [3.63, 3.8) is 0 Å². The van der Waals surface area contributed by atoms with E-state index in [4.69, 9.17) is 17.3 Å². The quantitative estimate of drug-likeness (QED) is 0.332. The Kier molecular flexibility index (Phi) is 5.56. The monoisotopic (exact) mass is 466 g/mol. The van der Waals surface area contributed by atoms with E-state index in [1.807, 2.05) is 66.7 Å². The van der Waals surface area contributed by atoms with Crippen LogP contribution >= 0.6 is 11.6 Å². The number of halogens is 1. The van der Waals surface area contributed by atoms with Gasteiger partial charge in [0.05, 0.1) is 11.0 Å². The summed E-state index contributed by atoms with van der Waals surface area (Å²) >= 11 is 6.07. The smallest absolute Gasteiger partial charge is 0.249 e. The maximum atomic E-state index is 12.2. The van der Waals surface area contributed by atoms with E-state index in [9.17, 15) is 9.59 Å². The van der Waals surface area contributed by atoms with Crippen molar-refractivity contribution in [2.24, 2.45) is 5.73 Å². The minimum absolute atomic E-state index is 0.112. The Balaban J connectivity index is 1.69. The van der Waals surface area contributed by atoms with Gasteiger partial charge in [0, 0.05) is 40.5 Å². The molecule has 0 atom stereocenters. The van der Waals surface area contributed by atoms with Crippen molar-refractivity contribution in [3.8, 4) is 11.1 Å². The minimum atomic E-state index is -0.473. The van der Waals surface area contributed by atoms with E-state index in [1.165, 1.54) is 6.92 Å². The zero-order chi connectivity index (χ0) is 23.8. The van der Waals surface area contributed by atoms with Gasteiger partial charge < -0.3 is 15.6 Å². The first-order chi connectivity index (χ1) is 16.4. The topological polar surface area (TPSA) is 77.1 Å². The summed E-state index contributed by atoms with van der Waals surface area (Å²) in [6.07, 6.45) is 0. The SMILES string of the molecule is CC(=O)Nc1ccc(Cn2c3cc(-c4ccc(Cl)cc4)c[c]c3c3c(C(N)=O)cccc32)cc1. The van der Waals surface area contributed by atoms with Crippen LogP contribution in [0.3, 0.4) is 0 Å². The van der Waals surface area contributed by atoms with Crippen molar-refractivity contribution in [2.45, 2.75) is 13.5 Å². The first-order valence-corrected chi connectivity index (χ1v) is 11.2. The predicted molar refractivity (Wildman–Crippen MR) is 137 cm³/mol. The fraction of sp³-hybridized carbons (Fsp3) is 0.0714. The molecule has 0 saturated heterocycles. The first-order valence-electron chi connectivity index (χ1n) is 10.8. The number of fused-ring (bicyclic) bond motifs is 3. The third kappa shape index (κ3) is 4.02. The number of nitrogens with one attached hydrogen (secondary N) is 1. The van der Waals surface area contributed by atoms with E-state index < -0.39 is 5.91 Å².